The highest BCUT2D eigenvalue weighted by Crippen LogP contribution is 2.34. The van der Waals surface area contributed by atoms with E-state index in [2.05, 4.69) is 15.9 Å². The number of alkyl halides is 1. The normalized spacial score (nSPS) is 12.5. The second kappa shape index (κ2) is 6.37. The summed E-state index contributed by atoms with van der Waals surface area (Å²) in [6.07, 6.45) is 0.0868. The summed E-state index contributed by atoms with van der Waals surface area (Å²) in [6, 6.07) is 6.17. The minimum Gasteiger partial charge on any atom is -0.207 e. The van der Waals surface area contributed by atoms with E-state index in [1.165, 1.54) is 12.1 Å². The van der Waals surface area contributed by atoms with Gasteiger partial charge in [-0.1, -0.05) is 45.2 Å². The zero-order valence-corrected chi connectivity index (χ0v) is 13.0. The zero-order valence-electron chi connectivity index (χ0n) is 9.94. The SMILES string of the molecule is Fc1cc(C(Br)Cc2c(F)cccc2Cl)c(F)cc1Cl. The van der Waals surface area contributed by atoms with Crippen LogP contribution in [0.25, 0.3) is 0 Å². The van der Waals surface area contributed by atoms with Crippen molar-refractivity contribution in [3.05, 3.63) is 69.0 Å². The number of benzene rings is 2. The van der Waals surface area contributed by atoms with Gasteiger partial charge in [0, 0.05) is 21.0 Å². The van der Waals surface area contributed by atoms with Crippen molar-refractivity contribution in [3.63, 3.8) is 0 Å². The highest BCUT2D eigenvalue weighted by molar-refractivity contribution is 9.09. The molecule has 0 bridgehead atoms. The molecule has 20 heavy (non-hydrogen) atoms. The van der Waals surface area contributed by atoms with Gasteiger partial charge in [0.05, 0.1) is 5.02 Å². The maximum Gasteiger partial charge on any atom is 0.142 e. The summed E-state index contributed by atoms with van der Waals surface area (Å²) in [5.41, 5.74) is 0.303. The Labute approximate surface area is 132 Å². The first-order chi connectivity index (χ1) is 9.40. The first kappa shape index (κ1) is 15.7. The third-order valence-corrected chi connectivity index (χ3v) is 4.28. The molecule has 0 saturated heterocycles. The van der Waals surface area contributed by atoms with Crippen LogP contribution in [0.4, 0.5) is 13.2 Å². The van der Waals surface area contributed by atoms with E-state index >= 15 is 0 Å². The molecule has 6 heteroatoms. The molecule has 0 aliphatic carbocycles. The largest absolute Gasteiger partial charge is 0.207 e. The van der Waals surface area contributed by atoms with Gasteiger partial charge in [-0.25, -0.2) is 13.2 Å². The Bertz CT molecular complexity index is 626. The summed E-state index contributed by atoms with van der Waals surface area (Å²) in [5.74, 6) is -1.88. The molecule has 0 heterocycles. The maximum atomic E-state index is 13.8. The molecule has 0 nitrogen and oxygen atoms in total. The summed E-state index contributed by atoms with van der Waals surface area (Å²) in [5, 5.41) is -0.0563. The molecule has 0 radical (unpaired) electrons. The molecule has 2 aromatic rings. The molecule has 1 atom stereocenters. The van der Waals surface area contributed by atoms with Crippen LogP contribution < -0.4 is 0 Å². The van der Waals surface area contributed by atoms with Gasteiger partial charge in [-0.05, 0) is 30.7 Å². The van der Waals surface area contributed by atoms with Crippen molar-refractivity contribution in [2.75, 3.05) is 0 Å². The molecule has 2 rings (SSSR count). The molecular formula is C14H8BrCl2F3. The Balaban J connectivity index is 2.33. The minimum atomic E-state index is -0.729. The van der Waals surface area contributed by atoms with Crippen LogP contribution in [0.15, 0.2) is 30.3 Å². The Morgan fingerprint density at radius 1 is 0.950 bits per heavy atom. The van der Waals surface area contributed by atoms with Gasteiger partial charge in [0.2, 0.25) is 0 Å². The monoisotopic (exact) mass is 382 g/mol. The number of hydrogen-bond acceptors (Lipinski definition) is 0. The highest BCUT2D eigenvalue weighted by Gasteiger charge is 2.19. The van der Waals surface area contributed by atoms with Gasteiger partial charge in [0.15, 0.2) is 0 Å². The predicted molar refractivity (Wildman–Crippen MR) is 78.2 cm³/mol. The Morgan fingerprint density at radius 3 is 2.30 bits per heavy atom. The lowest BCUT2D eigenvalue weighted by atomic mass is 10.0. The van der Waals surface area contributed by atoms with Crippen molar-refractivity contribution < 1.29 is 13.2 Å². The number of halogens is 6. The molecule has 0 aromatic heterocycles. The van der Waals surface area contributed by atoms with Gasteiger partial charge in [-0.2, -0.15) is 0 Å². The van der Waals surface area contributed by atoms with Crippen LogP contribution in [0.5, 0.6) is 0 Å². The molecule has 2 aromatic carbocycles. The van der Waals surface area contributed by atoms with Crippen molar-refractivity contribution >= 4 is 39.1 Å². The summed E-state index contributed by atoms with van der Waals surface area (Å²) >= 11 is 14.6. The molecule has 0 aliphatic rings. The molecule has 0 aliphatic heterocycles. The van der Waals surface area contributed by atoms with Crippen LogP contribution in [0.3, 0.4) is 0 Å². The Morgan fingerprint density at radius 2 is 1.65 bits per heavy atom. The highest BCUT2D eigenvalue weighted by atomic mass is 79.9. The molecule has 0 spiro atoms. The van der Waals surface area contributed by atoms with Crippen LogP contribution in [0, 0.1) is 17.5 Å². The average Bonchev–Trinajstić information content (AvgIpc) is 2.38. The summed E-state index contributed by atoms with van der Waals surface area (Å²) in [4.78, 5) is -0.622. The molecule has 1 unspecified atom stereocenters. The van der Waals surface area contributed by atoms with Crippen LogP contribution in [-0.4, -0.2) is 0 Å². The molecule has 0 amide bonds. The van der Waals surface area contributed by atoms with Gasteiger partial charge in [0.1, 0.15) is 17.5 Å². The summed E-state index contributed by atoms with van der Waals surface area (Å²) < 4.78 is 40.9. The van der Waals surface area contributed by atoms with Gasteiger partial charge in [-0.3, -0.25) is 0 Å². The minimum absolute atomic E-state index is 0.0613. The van der Waals surface area contributed by atoms with Crippen LogP contribution in [-0.2, 0) is 6.42 Å². The lowest BCUT2D eigenvalue weighted by molar-refractivity contribution is 0.579. The Kier molecular flexibility index (Phi) is 4.99. The number of rotatable bonds is 3. The number of hydrogen-bond donors (Lipinski definition) is 0. The molecular weight excluding hydrogens is 376 g/mol. The fourth-order valence-corrected chi connectivity index (χ4v) is 2.86. The zero-order chi connectivity index (χ0) is 14.9. The predicted octanol–water partition coefficient (Wildman–Crippen LogP) is 6.09. The van der Waals surface area contributed by atoms with Crippen molar-refractivity contribution in [1.29, 1.82) is 0 Å². The van der Waals surface area contributed by atoms with Gasteiger partial charge >= 0.3 is 0 Å². The lowest BCUT2D eigenvalue weighted by Gasteiger charge is -2.13. The van der Waals surface area contributed by atoms with Crippen LogP contribution >= 0.6 is 39.1 Å². The quantitative estimate of drug-likeness (QED) is 0.444. The maximum absolute atomic E-state index is 13.8. The van der Waals surface area contributed by atoms with E-state index in [9.17, 15) is 13.2 Å². The van der Waals surface area contributed by atoms with Crippen molar-refractivity contribution in [2.24, 2.45) is 0 Å². The molecule has 0 fully saturated rings. The van der Waals surface area contributed by atoms with Crippen LogP contribution in [0.2, 0.25) is 10.0 Å². The van der Waals surface area contributed by atoms with Crippen molar-refractivity contribution in [1.82, 2.24) is 0 Å². The fourth-order valence-electron chi connectivity index (χ4n) is 1.79. The van der Waals surface area contributed by atoms with E-state index in [1.54, 1.807) is 6.07 Å². The standard InChI is InChI=1S/C14H8BrCl2F3/c15-9(4-8-10(16)2-1-3-12(8)18)7-5-14(20)11(17)6-13(7)19/h1-3,5-6,9H,4H2. The molecule has 106 valence electrons. The van der Waals surface area contributed by atoms with Gasteiger partial charge < -0.3 is 0 Å². The topological polar surface area (TPSA) is 0 Å². The molecule has 0 saturated carbocycles. The van der Waals surface area contributed by atoms with E-state index in [4.69, 9.17) is 23.2 Å². The van der Waals surface area contributed by atoms with Gasteiger partial charge in [-0.15, -0.1) is 0 Å². The second-order valence-corrected chi connectivity index (χ2v) is 6.08. The van der Waals surface area contributed by atoms with Gasteiger partial charge in [0.25, 0.3) is 0 Å². The summed E-state index contributed by atoms with van der Waals surface area (Å²) in [7, 11) is 0. The van der Waals surface area contributed by atoms with E-state index in [1.807, 2.05) is 0 Å². The van der Waals surface area contributed by atoms with E-state index in [0.717, 1.165) is 12.1 Å². The first-order valence-corrected chi connectivity index (χ1v) is 7.28. The van der Waals surface area contributed by atoms with E-state index < -0.39 is 22.3 Å². The van der Waals surface area contributed by atoms with E-state index in [0.29, 0.717) is 0 Å². The molecule has 0 N–H and O–H groups in total. The third kappa shape index (κ3) is 3.30. The van der Waals surface area contributed by atoms with Crippen LogP contribution in [0.1, 0.15) is 16.0 Å². The Hall–Kier alpha value is -0.710. The second-order valence-electron chi connectivity index (χ2n) is 4.16. The van der Waals surface area contributed by atoms with E-state index in [-0.39, 0.29) is 27.6 Å². The summed E-state index contributed by atoms with van der Waals surface area (Å²) in [6.45, 7) is 0. The average molecular weight is 384 g/mol. The lowest BCUT2D eigenvalue weighted by Crippen LogP contribution is -2.02. The third-order valence-electron chi connectivity index (χ3n) is 2.82. The first-order valence-electron chi connectivity index (χ1n) is 5.61. The van der Waals surface area contributed by atoms with Crippen molar-refractivity contribution in [3.8, 4) is 0 Å². The smallest absolute Gasteiger partial charge is 0.142 e. The van der Waals surface area contributed by atoms with Crippen molar-refractivity contribution in [2.45, 2.75) is 11.2 Å². The fraction of sp³-hybridized carbons (Fsp3) is 0.143.